The Balaban J connectivity index is 1.54. The van der Waals surface area contributed by atoms with Gasteiger partial charge >= 0.3 is 0 Å². The van der Waals surface area contributed by atoms with E-state index in [0.29, 0.717) is 0 Å². The Morgan fingerprint density at radius 1 is 1.08 bits per heavy atom. The van der Waals surface area contributed by atoms with Crippen LogP contribution in [0.25, 0.3) is 6.08 Å². The molecule has 4 nitrogen and oxygen atoms in total. The molecule has 0 atom stereocenters. The van der Waals surface area contributed by atoms with Crippen molar-refractivity contribution in [3.05, 3.63) is 59.8 Å². The quantitative estimate of drug-likeness (QED) is 0.915. The minimum Gasteiger partial charge on any atom is -0.380 e. The van der Waals surface area contributed by atoms with E-state index in [1.807, 2.05) is 12.3 Å². The zero-order chi connectivity index (χ0) is 16.8. The summed E-state index contributed by atoms with van der Waals surface area (Å²) in [4.78, 5) is 9.32. The van der Waals surface area contributed by atoms with Gasteiger partial charge in [-0.2, -0.15) is 0 Å². The lowest BCUT2D eigenvalue weighted by molar-refractivity contribution is 0.312. The Kier molecular flexibility index (Phi) is 5.49. The summed E-state index contributed by atoms with van der Waals surface area (Å²) in [5, 5.41) is 3.44. The first-order chi connectivity index (χ1) is 11.7. The summed E-state index contributed by atoms with van der Waals surface area (Å²) in [6.45, 7) is 7.27. The highest BCUT2D eigenvalue weighted by molar-refractivity contribution is 5.55. The molecule has 0 aliphatic carbocycles. The summed E-state index contributed by atoms with van der Waals surface area (Å²) in [6, 6.07) is 14.6. The maximum absolute atomic E-state index is 4.61. The number of benzene rings is 1. The minimum atomic E-state index is 0.824. The SMILES string of the molecule is CC(=Cc1ccccc1)CNc1ccc(N2CCN(C)CC2)nc1. The normalized spacial score (nSPS) is 16.2. The Morgan fingerprint density at radius 3 is 2.50 bits per heavy atom. The van der Waals surface area contributed by atoms with Crippen molar-refractivity contribution in [1.29, 1.82) is 0 Å². The summed E-state index contributed by atoms with van der Waals surface area (Å²) in [6.07, 6.45) is 4.14. The number of likely N-dealkylation sites (N-methyl/N-ethyl adjacent to an activating group) is 1. The molecule has 1 aromatic carbocycles. The van der Waals surface area contributed by atoms with Crippen LogP contribution in [0.1, 0.15) is 12.5 Å². The van der Waals surface area contributed by atoms with Crippen LogP contribution in [0.3, 0.4) is 0 Å². The maximum Gasteiger partial charge on any atom is 0.128 e. The van der Waals surface area contributed by atoms with Crippen LogP contribution in [0.4, 0.5) is 11.5 Å². The molecule has 4 heteroatoms. The van der Waals surface area contributed by atoms with Gasteiger partial charge in [-0.15, -0.1) is 0 Å². The standard InChI is InChI=1S/C20H26N4/c1-17(14-18-6-4-3-5-7-18)15-21-19-8-9-20(22-16-19)24-12-10-23(2)11-13-24/h3-9,14,16,21H,10-13,15H2,1-2H3. The second kappa shape index (κ2) is 7.97. The van der Waals surface area contributed by atoms with Crippen molar-refractivity contribution in [2.75, 3.05) is 50.0 Å². The van der Waals surface area contributed by atoms with Gasteiger partial charge in [0.15, 0.2) is 0 Å². The lowest BCUT2D eigenvalue weighted by atomic mass is 10.1. The van der Waals surface area contributed by atoms with Gasteiger partial charge in [-0.1, -0.05) is 42.0 Å². The summed E-state index contributed by atoms with van der Waals surface area (Å²) in [5.41, 5.74) is 3.60. The Morgan fingerprint density at radius 2 is 1.83 bits per heavy atom. The summed E-state index contributed by atoms with van der Waals surface area (Å²) in [7, 11) is 2.17. The fourth-order valence-corrected chi connectivity index (χ4v) is 2.84. The molecule has 2 heterocycles. The summed E-state index contributed by atoms with van der Waals surface area (Å²) in [5.74, 6) is 1.07. The second-order valence-electron chi connectivity index (χ2n) is 6.45. The van der Waals surface area contributed by atoms with Crippen LogP contribution in [0.2, 0.25) is 0 Å². The van der Waals surface area contributed by atoms with E-state index >= 15 is 0 Å². The average molecular weight is 322 g/mol. The van der Waals surface area contributed by atoms with Gasteiger partial charge in [-0.05, 0) is 31.7 Å². The van der Waals surface area contributed by atoms with Gasteiger partial charge in [0.2, 0.25) is 0 Å². The van der Waals surface area contributed by atoms with Crippen molar-refractivity contribution in [3.8, 4) is 0 Å². The number of hydrogen-bond acceptors (Lipinski definition) is 4. The molecule has 126 valence electrons. The molecule has 1 aliphatic heterocycles. The molecule has 1 fully saturated rings. The van der Waals surface area contributed by atoms with Gasteiger partial charge in [0.1, 0.15) is 5.82 Å². The molecule has 24 heavy (non-hydrogen) atoms. The Hall–Kier alpha value is -2.33. The van der Waals surface area contributed by atoms with Gasteiger partial charge in [-0.25, -0.2) is 4.98 Å². The molecule has 0 radical (unpaired) electrons. The number of anilines is 2. The van der Waals surface area contributed by atoms with E-state index in [1.54, 1.807) is 0 Å². The number of piperazine rings is 1. The zero-order valence-electron chi connectivity index (χ0n) is 14.6. The molecular weight excluding hydrogens is 296 g/mol. The lowest BCUT2D eigenvalue weighted by Gasteiger charge is -2.33. The molecule has 0 unspecified atom stereocenters. The molecule has 2 aromatic rings. The van der Waals surface area contributed by atoms with Gasteiger partial charge < -0.3 is 15.1 Å². The largest absolute Gasteiger partial charge is 0.380 e. The molecular formula is C20H26N4. The molecule has 3 rings (SSSR count). The third-order valence-electron chi connectivity index (χ3n) is 4.36. The molecule has 1 aromatic heterocycles. The van der Waals surface area contributed by atoms with Gasteiger partial charge in [0.25, 0.3) is 0 Å². The highest BCUT2D eigenvalue weighted by Crippen LogP contribution is 2.16. The maximum atomic E-state index is 4.61. The minimum absolute atomic E-state index is 0.824. The van der Waals surface area contributed by atoms with Crippen molar-refractivity contribution in [2.24, 2.45) is 0 Å². The fourth-order valence-electron chi connectivity index (χ4n) is 2.84. The van der Waals surface area contributed by atoms with E-state index in [-0.39, 0.29) is 0 Å². The highest BCUT2D eigenvalue weighted by atomic mass is 15.3. The van der Waals surface area contributed by atoms with Crippen LogP contribution in [0, 0.1) is 0 Å². The van der Waals surface area contributed by atoms with E-state index in [1.165, 1.54) is 11.1 Å². The molecule has 0 bridgehead atoms. The van der Waals surface area contributed by atoms with E-state index in [9.17, 15) is 0 Å². The van der Waals surface area contributed by atoms with Gasteiger partial charge in [0, 0.05) is 32.7 Å². The molecule has 0 saturated carbocycles. The second-order valence-corrected chi connectivity index (χ2v) is 6.45. The number of pyridine rings is 1. The molecule has 1 saturated heterocycles. The van der Waals surface area contributed by atoms with Crippen molar-refractivity contribution in [2.45, 2.75) is 6.92 Å². The predicted molar refractivity (Wildman–Crippen MR) is 103 cm³/mol. The van der Waals surface area contributed by atoms with E-state index in [2.05, 4.69) is 76.5 Å². The number of hydrogen-bond donors (Lipinski definition) is 1. The van der Waals surface area contributed by atoms with E-state index in [0.717, 1.165) is 44.2 Å². The lowest BCUT2D eigenvalue weighted by Crippen LogP contribution is -2.44. The average Bonchev–Trinajstić information content (AvgIpc) is 2.62. The van der Waals surface area contributed by atoms with E-state index in [4.69, 9.17) is 0 Å². The highest BCUT2D eigenvalue weighted by Gasteiger charge is 2.14. The summed E-state index contributed by atoms with van der Waals surface area (Å²) >= 11 is 0. The van der Waals surface area contributed by atoms with E-state index < -0.39 is 0 Å². The number of nitrogens with one attached hydrogen (secondary N) is 1. The number of nitrogens with zero attached hydrogens (tertiary/aromatic N) is 3. The molecule has 0 spiro atoms. The molecule has 1 aliphatic rings. The van der Waals surface area contributed by atoms with Crippen LogP contribution in [0.15, 0.2) is 54.2 Å². The first-order valence-corrected chi connectivity index (χ1v) is 8.56. The van der Waals surface area contributed by atoms with Gasteiger partial charge in [0.05, 0.1) is 11.9 Å². The van der Waals surface area contributed by atoms with Crippen LogP contribution in [0.5, 0.6) is 0 Å². The smallest absolute Gasteiger partial charge is 0.128 e. The number of rotatable bonds is 5. The Labute approximate surface area is 144 Å². The summed E-state index contributed by atoms with van der Waals surface area (Å²) < 4.78 is 0. The van der Waals surface area contributed by atoms with Crippen LogP contribution < -0.4 is 10.2 Å². The number of aromatic nitrogens is 1. The topological polar surface area (TPSA) is 31.4 Å². The van der Waals surface area contributed by atoms with Crippen LogP contribution >= 0.6 is 0 Å². The van der Waals surface area contributed by atoms with Crippen molar-refractivity contribution >= 4 is 17.6 Å². The van der Waals surface area contributed by atoms with Gasteiger partial charge in [-0.3, -0.25) is 0 Å². The predicted octanol–water partition coefficient (Wildman–Crippen LogP) is 3.35. The van der Waals surface area contributed by atoms with Crippen LogP contribution in [-0.4, -0.2) is 49.7 Å². The van der Waals surface area contributed by atoms with Crippen molar-refractivity contribution in [3.63, 3.8) is 0 Å². The van der Waals surface area contributed by atoms with Crippen LogP contribution in [-0.2, 0) is 0 Å². The zero-order valence-corrected chi connectivity index (χ0v) is 14.6. The first kappa shape index (κ1) is 16.5. The Bertz CT molecular complexity index is 656. The monoisotopic (exact) mass is 322 g/mol. The molecule has 1 N–H and O–H groups in total. The van der Waals surface area contributed by atoms with Crippen molar-refractivity contribution in [1.82, 2.24) is 9.88 Å². The fraction of sp³-hybridized carbons (Fsp3) is 0.350. The molecule has 0 amide bonds. The third-order valence-corrected chi connectivity index (χ3v) is 4.36. The third kappa shape index (κ3) is 4.59. The van der Waals surface area contributed by atoms with Crippen molar-refractivity contribution < 1.29 is 0 Å². The first-order valence-electron chi connectivity index (χ1n) is 8.56.